The highest BCUT2D eigenvalue weighted by molar-refractivity contribution is 5.99. The lowest BCUT2D eigenvalue weighted by molar-refractivity contribution is -0.126. The average Bonchev–Trinajstić information content (AvgIpc) is 0.795. The van der Waals surface area contributed by atoms with E-state index in [9.17, 15) is 28.8 Å². The second kappa shape index (κ2) is 39.9. The highest BCUT2D eigenvalue weighted by Crippen LogP contribution is 2.39. The average molecular weight is 1580 g/mol. The van der Waals surface area contributed by atoms with Crippen LogP contribution < -0.4 is 0 Å². The molecule has 0 unspecified atom stereocenters. The summed E-state index contributed by atoms with van der Waals surface area (Å²) in [5.74, 6) is 1.77. The summed E-state index contributed by atoms with van der Waals surface area (Å²) in [5.41, 5.74) is 18.5. The number of aryl methyl sites for hydroxylation is 2. The van der Waals surface area contributed by atoms with Crippen molar-refractivity contribution in [2.75, 3.05) is 0 Å². The van der Waals surface area contributed by atoms with Crippen molar-refractivity contribution >= 4 is 34.7 Å². The lowest BCUT2D eigenvalue weighted by Crippen LogP contribution is -2.24. The zero-order chi connectivity index (χ0) is 90.4. The molecule has 0 aliphatic carbocycles. The van der Waals surface area contributed by atoms with Crippen LogP contribution in [-0.2, 0) is 105 Å². The zero-order valence-electron chi connectivity index (χ0n) is 82.5. The lowest BCUT2D eigenvalue weighted by Gasteiger charge is -2.31. The number of rotatable bonds is 13. The first kappa shape index (κ1) is 106. The largest absolute Gasteiger partial charge is 0.299 e. The summed E-state index contributed by atoms with van der Waals surface area (Å²) >= 11 is 0. The molecule has 6 aromatic carbocycles. The normalized spacial score (nSPS) is 13.0. The Morgan fingerprint density at radius 1 is 0.200 bits per heavy atom. The van der Waals surface area contributed by atoms with Crippen molar-refractivity contribution in [2.45, 2.75) is 405 Å². The van der Waals surface area contributed by atoms with Gasteiger partial charge in [-0.25, -0.2) is 0 Å². The van der Waals surface area contributed by atoms with Crippen molar-refractivity contribution in [1.29, 1.82) is 0 Å². The molecule has 0 aliphatic heterocycles. The topological polar surface area (TPSA) is 102 Å². The molecule has 6 aromatic rings. The summed E-state index contributed by atoms with van der Waals surface area (Å²) in [4.78, 5) is 72.6. The standard InChI is InChI=1S/C21H34O.2C20H32O.C17H26O.C16H24O.C15H22O/c1-19(2,3)16-12-10-15(14-17(16)20(4,5)6)11-13-18(22)21(7,8)9;2*1-18(2,3)15-11-10-14(12-16(15)19(4,5)6)13-17(21)20(7,8)9;1-16(2,3)14-9-7-8-13(12-14)10-11-15(18)17(4,5)6;1-15(2,3)13-9-7-8-12(10-13)11-14(17)16(4,5)6;1-14(2,3)12-9-7-11(8-10-12)13(16)15(4,5)6/h10,12,14H,11,13H2,1-9H3;2*10-12H,13H2,1-9H3;7-9,12H,10-11H2,1-6H3;7-10H,11H2,1-6H3;7-10H,1-6H3. The third-order valence-electron chi connectivity index (χ3n) is 20.9. The third-order valence-corrected chi connectivity index (χ3v) is 20.9. The molecule has 0 heterocycles. The van der Waals surface area contributed by atoms with Crippen LogP contribution in [0.3, 0.4) is 0 Å². The van der Waals surface area contributed by atoms with E-state index in [0.29, 0.717) is 61.0 Å². The Morgan fingerprint density at radius 2 is 0.426 bits per heavy atom. The van der Waals surface area contributed by atoms with Crippen molar-refractivity contribution in [3.63, 3.8) is 0 Å². The van der Waals surface area contributed by atoms with E-state index in [-0.39, 0.29) is 87.0 Å². The first-order chi connectivity index (χ1) is 51.0. The van der Waals surface area contributed by atoms with Crippen molar-refractivity contribution in [2.24, 2.45) is 32.5 Å². The highest BCUT2D eigenvalue weighted by atomic mass is 16.1. The quantitative estimate of drug-likeness (QED) is 0.107. The molecule has 0 saturated carbocycles. The third kappa shape index (κ3) is 37.4. The molecule has 0 aliphatic rings. The number of carbonyl (C=O) groups excluding carboxylic acids is 6. The van der Waals surface area contributed by atoms with Crippen LogP contribution in [0.4, 0.5) is 0 Å². The fourth-order valence-electron chi connectivity index (χ4n) is 12.5. The van der Waals surface area contributed by atoms with Gasteiger partial charge in [-0.15, -0.1) is 0 Å². The molecule has 0 spiro atoms. The van der Waals surface area contributed by atoms with Crippen molar-refractivity contribution in [3.05, 3.63) is 211 Å². The van der Waals surface area contributed by atoms with E-state index in [1.807, 2.05) is 149 Å². The van der Waals surface area contributed by atoms with Crippen molar-refractivity contribution in [1.82, 2.24) is 0 Å². The van der Waals surface area contributed by atoms with Gasteiger partial charge < -0.3 is 0 Å². The SMILES string of the molecule is CC(C)(C)C(=O)CCc1ccc(C(C)(C)C)c(C(C)(C)C)c1.CC(C)(C)C(=O)CCc1cccc(C(C)(C)C)c1.CC(C)(C)C(=O)Cc1ccc(C(C)(C)C)c(C(C)(C)C)c1.CC(C)(C)C(=O)Cc1ccc(C(C)(C)C)c(C(C)(C)C)c1.CC(C)(C)C(=O)Cc1cccc(C(C)(C)C)c1.CC(C)(C)C(=O)c1ccc(C(C)(C)C)cc1. The number of carbonyl (C=O) groups is 6. The minimum Gasteiger partial charge on any atom is -0.299 e. The Bertz CT molecular complexity index is 4060. The summed E-state index contributed by atoms with van der Waals surface area (Å²) in [6, 6.07) is 44.9. The lowest BCUT2D eigenvalue weighted by atomic mass is 9.74. The summed E-state index contributed by atoms with van der Waals surface area (Å²) in [5, 5.41) is 0. The molecule has 0 atom stereocenters. The number of benzene rings is 6. The predicted molar refractivity (Wildman–Crippen MR) is 501 cm³/mol. The van der Waals surface area contributed by atoms with Gasteiger partial charge in [0.2, 0.25) is 0 Å². The minimum atomic E-state index is -0.302. The van der Waals surface area contributed by atoms with Crippen LogP contribution in [0, 0.1) is 32.5 Å². The van der Waals surface area contributed by atoms with Gasteiger partial charge in [-0.3, -0.25) is 28.8 Å². The van der Waals surface area contributed by atoms with E-state index >= 15 is 0 Å². The first-order valence-electron chi connectivity index (χ1n) is 42.9. The second-order valence-corrected chi connectivity index (χ2v) is 48.3. The Balaban J connectivity index is 0.000000692. The Morgan fingerprint density at radius 3 is 0.670 bits per heavy atom. The van der Waals surface area contributed by atoms with Gasteiger partial charge in [0.1, 0.15) is 28.9 Å². The van der Waals surface area contributed by atoms with Gasteiger partial charge in [-0.05, 0) is 139 Å². The molecule has 0 fully saturated rings. The summed E-state index contributed by atoms with van der Waals surface area (Å²) in [6.07, 6.45) is 4.53. The van der Waals surface area contributed by atoms with E-state index < -0.39 is 0 Å². The molecule has 0 aromatic heterocycles. The molecule has 6 rings (SSSR count). The van der Waals surface area contributed by atoms with Gasteiger partial charge in [0.25, 0.3) is 0 Å². The van der Waals surface area contributed by atoms with Crippen LogP contribution >= 0.6 is 0 Å². The summed E-state index contributed by atoms with van der Waals surface area (Å²) in [7, 11) is 0. The smallest absolute Gasteiger partial charge is 0.168 e. The van der Waals surface area contributed by atoms with Gasteiger partial charge in [-0.1, -0.05) is 439 Å². The second-order valence-electron chi connectivity index (χ2n) is 48.3. The maximum Gasteiger partial charge on any atom is 0.168 e. The molecule has 6 heteroatoms. The van der Waals surface area contributed by atoms with Crippen LogP contribution in [0.5, 0.6) is 0 Å². The molecule has 0 saturated heterocycles. The van der Waals surface area contributed by atoms with E-state index in [2.05, 4.69) is 290 Å². The minimum absolute atomic E-state index is 0.0867. The Labute approximate surface area is 707 Å². The van der Waals surface area contributed by atoms with E-state index in [1.54, 1.807) is 0 Å². The fraction of sp³-hybridized carbons (Fsp3) is 0.615. The zero-order valence-corrected chi connectivity index (χ0v) is 82.5. The highest BCUT2D eigenvalue weighted by Gasteiger charge is 2.32. The number of hydrogen-bond donors (Lipinski definition) is 0. The van der Waals surface area contributed by atoms with Crippen LogP contribution in [0.1, 0.15) is 413 Å². The van der Waals surface area contributed by atoms with Crippen LogP contribution in [0.2, 0.25) is 0 Å². The maximum absolute atomic E-state index is 12.3. The Kier molecular flexibility index (Phi) is 36.9. The van der Waals surface area contributed by atoms with Crippen molar-refractivity contribution in [3.8, 4) is 0 Å². The van der Waals surface area contributed by atoms with Crippen LogP contribution in [0.25, 0.3) is 0 Å². The molecule has 6 nitrogen and oxygen atoms in total. The molecule has 0 radical (unpaired) electrons. The van der Waals surface area contributed by atoms with E-state index in [0.717, 1.165) is 35.1 Å². The van der Waals surface area contributed by atoms with E-state index in [4.69, 9.17) is 0 Å². The first-order valence-corrected chi connectivity index (χ1v) is 42.9. The number of hydrogen-bond acceptors (Lipinski definition) is 6. The van der Waals surface area contributed by atoms with E-state index in [1.165, 1.54) is 61.2 Å². The molecule has 115 heavy (non-hydrogen) atoms. The summed E-state index contributed by atoms with van der Waals surface area (Å²) < 4.78 is 0. The number of Topliss-reactive ketones (excluding diaryl/α,β-unsaturated/α-hetero) is 6. The summed E-state index contributed by atoms with van der Waals surface area (Å²) in [6.45, 7) is 96.0. The Hall–Kier alpha value is -6.66. The van der Waals surface area contributed by atoms with Gasteiger partial charge in [0.15, 0.2) is 5.78 Å². The molecule has 0 amide bonds. The fourth-order valence-corrected chi connectivity index (χ4v) is 12.5. The van der Waals surface area contributed by atoms with Crippen molar-refractivity contribution < 1.29 is 28.8 Å². The molecule has 0 N–H and O–H groups in total. The van der Waals surface area contributed by atoms with Gasteiger partial charge >= 0.3 is 0 Å². The van der Waals surface area contributed by atoms with Gasteiger partial charge in [0, 0.05) is 70.2 Å². The number of ketones is 6. The molecule has 642 valence electrons. The maximum atomic E-state index is 12.3. The van der Waals surface area contributed by atoms with Gasteiger partial charge in [0.05, 0.1) is 0 Å². The monoisotopic (exact) mass is 1580 g/mol. The predicted octanol–water partition coefficient (Wildman–Crippen LogP) is 29.6. The van der Waals surface area contributed by atoms with Crippen LogP contribution in [0.15, 0.2) is 127 Å². The van der Waals surface area contributed by atoms with Crippen LogP contribution in [-0.4, -0.2) is 34.7 Å². The van der Waals surface area contributed by atoms with Gasteiger partial charge in [-0.2, -0.15) is 0 Å². The molecular weight excluding hydrogens is 1410 g/mol. The molecule has 0 bridgehead atoms. The molecular formula is C109H170O6.